The van der Waals surface area contributed by atoms with Crippen LogP contribution in [-0.2, 0) is 30.9 Å². The van der Waals surface area contributed by atoms with Gasteiger partial charge in [0.05, 0.1) is 17.9 Å². The van der Waals surface area contributed by atoms with Gasteiger partial charge in [-0.1, -0.05) is 18.1 Å². The first-order chi connectivity index (χ1) is 15.3. The highest BCUT2D eigenvalue weighted by Crippen LogP contribution is 2.16. The third kappa shape index (κ3) is 8.67. The van der Waals surface area contributed by atoms with Crippen LogP contribution < -0.4 is 19.7 Å². The molecule has 0 heterocycles. The monoisotopic (exact) mass is 460 g/mol. The molecular weight excluding hydrogens is 436 g/mol. The summed E-state index contributed by atoms with van der Waals surface area (Å²) in [4.78, 5) is 29.2. The first kappa shape index (κ1) is 24.7. The molecule has 0 aromatic heterocycles. The summed E-state index contributed by atoms with van der Waals surface area (Å²) in [6.45, 7) is 4.00. The highest BCUT2D eigenvalue weighted by Gasteiger charge is 2.17. The van der Waals surface area contributed by atoms with Crippen LogP contribution in [0.25, 0.3) is 0 Å². The van der Waals surface area contributed by atoms with Crippen LogP contribution in [0.5, 0.6) is 11.5 Å². The van der Waals surface area contributed by atoms with Crippen LogP contribution in [0, 0.1) is 11.8 Å². The van der Waals surface area contributed by atoms with E-state index in [0.29, 0.717) is 30.2 Å². The predicted molar refractivity (Wildman–Crippen MR) is 116 cm³/mol. The van der Waals surface area contributed by atoms with Crippen LogP contribution in [-0.4, -0.2) is 40.1 Å². The molecule has 0 radical (unpaired) electrons. The fraction of sp³-hybridized carbons (Fsp3) is 0.273. The highest BCUT2D eigenvalue weighted by molar-refractivity contribution is 7.89. The molecule has 0 aliphatic carbocycles. The number of ether oxygens (including phenoxy) is 2. The number of amides is 1. The molecule has 0 atom stereocenters. The molecule has 0 saturated carbocycles. The minimum absolute atomic E-state index is 0.0833. The van der Waals surface area contributed by atoms with Gasteiger partial charge in [0.25, 0.3) is 10.0 Å². The van der Waals surface area contributed by atoms with E-state index in [4.69, 9.17) is 14.3 Å². The van der Waals surface area contributed by atoms with Crippen LogP contribution in [0.3, 0.4) is 0 Å². The Balaban J connectivity index is 1.81. The van der Waals surface area contributed by atoms with E-state index in [9.17, 15) is 18.0 Å². The van der Waals surface area contributed by atoms with Gasteiger partial charge >= 0.3 is 5.97 Å². The Labute approximate surface area is 187 Å². The van der Waals surface area contributed by atoms with E-state index in [1.165, 1.54) is 31.2 Å². The second kappa shape index (κ2) is 12.3. The van der Waals surface area contributed by atoms with E-state index < -0.39 is 16.0 Å². The lowest BCUT2D eigenvalue weighted by molar-refractivity contribution is -0.146. The van der Waals surface area contributed by atoms with Crippen molar-refractivity contribution in [2.45, 2.75) is 25.2 Å². The van der Waals surface area contributed by atoms with Crippen LogP contribution in [0.2, 0.25) is 0 Å². The molecule has 170 valence electrons. The Bertz CT molecular complexity index is 1070. The van der Waals surface area contributed by atoms with Crippen LogP contribution in [0.4, 0.5) is 0 Å². The second-order valence-corrected chi connectivity index (χ2v) is 8.04. The Morgan fingerprint density at radius 2 is 1.59 bits per heavy atom. The van der Waals surface area contributed by atoms with E-state index in [0.717, 1.165) is 0 Å². The lowest BCUT2D eigenvalue weighted by atomic mass is 10.1. The molecule has 9 nitrogen and oxygen atoms in total. The summed E-state index contributed by atoms with van der Waals surface area (Å²) in [5.41, 5.74) is 0.611. The number of nitrogens with one attached hydrogen (secondary N) is 2. The Morgan fingerprint density at radius 3 is 2.22 bits per heavy atom. The van der Waals surface area contributed by atoms with Gasteiger partial charge in [-0.3, -0.25) is 4.79 Å². The summed E-state index contributed by atoms with van der Waals surface area (Å²) in [5, 5.41) is 2.61. The van der Waals surface area contributed by atoms with Gasteiger partial charge in [0.1, 0.15) is 24.7 Å². The topological polar surface area (TPSA) is 120 Å². The van der Waals surface area contributed by atoms with Crippen LogP contribution in [0.1, 0.15) is 19.4 Å². The van der Waals surface area contributed by atoms with Gasteiger partial charge in [-0.05, 0) is 53.8 Å². The zero-order valence-electron chi connectivity index (χ0n) is 17.7. The van der Waals surface area contributed by atoms with Crippen molar-refractivity contribution in [1.29, 1.82) is 0 Å². The first-order valence-corrected chi connectivity index (χ1v) is 11.1. The molecule has 2 N–H and O–H groups in total. The molecule has 2 rings (SSSR count). The number of benzene rings is 2. The fourth-order valence-electron chi connectivity index (χ4n) is 2.36. The summed E-state index contributed by atoms with van der Waals surface area (Å²) in [6, 6.07) is 12.3. The highest BCUT2D eigenvalue weighted by atomic mass is 32.2. The smallest absolute Gasteiger partial charge is 0.330 e. The van der Waals surface area contributed by atoms with E-state index in [1.807, 2.05) is 4.89 Å². The lowest BCUT2D eigenvalue weighted by Crippen LogP contribution is -2.28. The Kier molecular flexibility index (Phi) is 9.53. The number of hydrogen-bond acceptors (Lipinski definition) is 7. The summed E-state index contributed by atoms with van der Waals surface area (Å²) < 4.78 is 35.3. The van der Waals surface area contributed by atoms with Crippen molar-refractivity contribution in [3.8, 4) is 23.3 Å². The SMILES string of the molecule is CC#CCOc1ccc(S(=O)(=O)NOC(=O)Cc2ccc(OCCNC(C)=O)cc2)cc1. The Morgan fingerprint density at radius 1 is 0.969 bits per heavy atom. The maximum atomic E-state index is 12.3. The van der Waals surface area contributed by atoms with E-state index >= 15 is 0 Å². The fourth-order valence-corrected chi connectivity index (χ4v) is 3.15. The largest absolute Gasteiger partial charge is 0.492 e. The molecule has 0 aliphatic rings. The number of rotatable bonds is 11. The zero-order chi connectivity index (χ0) is 23.4. The van der Waals surface area contributed by atoms with Crippen molar-refractivity contribution in [3.05, 3.63) is 54.1 Å². The van der Waals surface area contributed by atoms with Crippen molar-refractivity contribution in [1.82, 2.24) is 10.2 Å². The second-order valence-electron chi connectivity index (χ2n) is 6.40. The molecule has 2 aromatic rings. The summed E-state index contributed by atoms with van der Waals surface area (Å²) >= 11 is 0. The molecule has 0 saturated heterocycles. The van der Waals surface area contributed by atoms with Crippen molar-refractivity contribution < 1.29 is 32.3 Å². The molecule has 0 unspecified atom stereocenters. The van der Waals surface area contributed by atoms with Gasteiger partial charge in [-0.25, -0.2) is 13.2 Å². The molecule has 0 bridgehead atoms. The quantitative estimate of drug-likeness (QED) is 0.297. The third-order valence-corrected chi connectivity index (χ3v) is 5.10. The summed E-state index contributed by atoms with van der Waals surface area (Å²) in [7, 11) is -4.04. The predicted octanol–water partition coefficient (Wildman–Crippen LogP) is 1.58. The van der Waals surface area contributed by atoms with Gasteiger partial charge < -0.3 is 19.6 Å². The maximum absolute atomic E-state index is 12.3. The van der Waals surface area contributed by atoms with Crippen LogP contribution >= 0.6 is 0 Å². The number of sulfonamides is 1. The third-order valence-electron chi connectivity index (χ3n) is 3.90. The first-order valence-electron chi connectivity index (χ1n) is 9.60. The summed E-state index contributed by atoms with van der Waals surface area (Å²) in [6.07, 6.45) is -0.139. The molecule has 0 spiro atoms. The van der Waals surface area contributed by atoms with Crippen molar-refractivity contribution in [2.75, 3.05) is 19.8 Å². The lowest BCUT2D eigenvalue weighted by Gasteiger charge is -2.09. The normalized spacial score (nSPS) is 10.4. The molecule has 2 aromatic carbocycles. The molecular formula is C22H24N2O7S. The van der Waals surface area contributed by atoms with Gasteiger partial charge in [-0.15, -0.1) is 5.92 Å². The summed E-state index contributed by atoms with van der Waals surface area (Å²) in [5.74, 6) is 5.54. The van der Waals surface area contributed by atoms with Crippen LogP contribution in [0.15, 0.2) is 53.4 Å². The number of carbonyl (C=O) groups excluding carboxylic acids is 2. The van der Waals surface area contributed by atoms with Gasteiger partial charge in [0, 0.05) is 6.92 Å². The minimum atomic E-state index is -4.04. The van der Waals surface area contributed by atoms with Crippen molar-refractivity contribution in [2.24, 2.45) is 0 Å². The molecule has 0 fully saturated rings. The average molecular weight is 461 g/mol. The number of carbonyl (C=O) groups is 2. The molecule has 1 amide bonds. The Hall–Kier alpha value is -3.55. The molecule has 0 aliphatic heterocycles. The van der Waals surface area contributed by atoms with Gasteiger partial charge in [0.2, 0.25) is 5.91 Å². The van der Waals surface area contributed by atoms with E-state index in [-0.39, 0.29) is 23.8 Å². The standard InChI is InChI=1S/C22H24N2O7S/c1-3-4-14-29-20-9-11-21(12-10-20)32(27,28)24-31-22(26)16-18-5-7-19(8-6-18)30-15-13-23-17(2)25/h5-12,24H,13-16H2,1-2H3,(H,23,25). The zero-order valence-corrected chi connectivity index (χ0v) is 18.5. The maximum Gasteiger partial charge on any atom is 0.330 e. The average Bonchev–Trinajstić information content (AvgIpc) is 2.77. The van der Waals surface area contributed by atoms with Gasteiger partial charge in [0.15, 0.2) is 0 Å². The van der Waals surface area contributed by atoms with Gasteiger partial charge in [-0.2, -0.15) is 0 Å². The minimum Gasteiger partial charge on any atom is -0.492 e. The number of hydrogen-bond donors (Lipinski definition) is 2. The van der Waals surface area contributed by atoms with Crippen molar-refractivity contribution in [3.63, 3.8) is 0 Å². The van der Waals surface area contributed by atoms with E-state index in [1.54, 1.807) is 31.2 Å². The van der Waals surface area contributed by atoms with Crippen molar-refractivity contribution >= 4 is 21.9 Å². The van der Waals surface area contributed by atoms with E-state index in [2.05, 4.69) is 17.2 Å². The molecule has 32 heavy (non-hydrogen) atoms. The molecule has 10 heteroatoms.